The number of benzene rings is 2. The molecule has 0 N–H and O–H groups in total. The van der Waals surface area contributed by atoms with Gasteiger partial charge in [-0.15, -0.1) is 0 Å². The molecule has 1 heterocycles. The Morgan fingerprint density at radius 3 is 2.12 bits per heavy atom. The van der Waals surface area contributed by atoms with Crippen molar-refractivity contribution in [1.82, 2.24) is 0 Å². The number of allylic oxidation sites excluding steroid dienone is 1. The number of hydrogen-bond acceptors (Lipinski definition) is 6. The highest BCUT2D eigenvalue weighted by Crippen LogP contribution is 2.39. The normalized spacial score (nSPS) is 13.4. The quantitative estimate of drug-likeness (QED) is 0.399. The number of carbonyl (C=O) groups is 1. The Labute approximate surface area is 190 Å². The van der Waals surface area contributed by atoms with Crippen molar-refractivity contribution in [3.63, 3.8) is 0 Å². The Bertz CT molecular complexity index is 1020. The first kappa shape index (κ1) is 24.9. The molecule has 0 spiro atoms. The topological polar surface area (TPSA) is 63.2 Å². The standard InChI is InChI=1S/C24H26O6.C2H6/c1-24(2)12-11-17-19(30-24)10-8-16(23(17)29-6)18(25)9-7-15-13-21(27-4)22(28-5)14-20(15)26-3;1-2/h7-14H,1-6H3;1-2H3/b9-7+;. The van der Waals surface area contributed by atoms with Gasteiger partial charge in [-0.25, -0.2) is 0 Å². The van der Waals surface area contributed by atoms with Crippen LogP contribution in [-0.2, 0) is 0 Å². The predicted molar refractivity (Wildman–Crippen MR) is 128 cm³/mol. The molecule has 6 heteroatoms. The van der Waals surface area contributed by atoms with E-state index in [4.69, 9.17) is 23.7 Å². The second-order valence-corrected chi connectivity index (χ2v) is 7.24. The molecule has 0 amide bonds. The zero-order valence-electron chi connectivity index (χ0n) is 20.1. The summed E-state index contributed by atoms with van der Waals surface area (Å²) >= 11 is 0. The van der Waals surface area contributed by atoms with Gasteiger partial charge in [0.15, 0.2) is 17.3 Å². The van der Waals surface area contributed by atoms with Crippen molar-refractivity contribution in [2.75, 3.05) is 28.4 Å². The molecule has 0 fully saturated rings. The SMILES string of the molecule is CC.COc1cc(OC)c(OC)cc1/C=C/C(=O)c1ccc2c(c1OC)C=CC(C)(C)O2. The molecular weight excluding hydrogens is 408 g/mol. The van der Waals surface area contributed by atoms with E-state index in [0.717, 1.165) is 5.56 Å². The van der Waals surface area contributed by atoms with E-state index in [9.17, 15) is 4.79 Å². The lowest BCUT2D eigenvalue weighted by Gasteiger charge is -2.29. The molecule has 0 radical (unpaired) electrons. The lowest BCUT2D eigenvalue weighted by molar-refractivity contribution is 0.104. The lowest BCUT2D eigenvalue weighted by atomic mass is 9.97. The van der Waals surface area contributed by atoms with Gasteiger partial charge in [0.1, 0.15) is 22.8 Å². The third-order valence-corrected chi connectivity index (χ3v) is 4.80. The Hall–Kier alpha value is -3.41. The first-order valence-electron chi connectivity index (χ1n) is 10.4. The molecular formula is C26H32O6. The van der Waals surface area contributed by atoms with E-state index in [1.807, 2.05) is 39.8 Å². The van der Waals surface area contributed by atoms with Crippen molar-refractivity contribution in [2.24, 2.45) is 0 Å². The minimum Gasteiger partial charge on any atom is -0.496 e. The van der Waals surface area contributed by atoms with Gasteiger partial charge >= 0.3 is 0 Å². The molecule has 172 valence electrons. The van der Waals surface area contributed by atoms with Crippen LogP contribution in [0.5, 0.6) is 28.7 Å². The van der Waals surface area contributed by atoms with Gasteiger partial charge in [-0.3, -0.25) is 4.79 Å². The van der Waals surface area contributed by atoms with Gasteiger partial charge in [0.05, 0.1) is 39.6 Å². The number of fused-ring (bicyclic) bond motifs is 1. The van der Waals surface area contributed by atoms with Crippen molar-refractivity contribution >= 4 is 17.9 Å². The van der Waals surface area contributed by atoms with E-state index in [1.54, 1.807) is 58.8 Å². The molecule has 0 saturated carbocycles. The summed E-state index contributed by atoms with van der Waals surface area (Å²) in [5.41, 5.74) is 1.47. The van der Waals surface area contributed by atoms with Gasteiger partial charge in [-0.05, 0) is 56.4 Å². The average Bonchev–Trinajstić information content (AvgIpc) is 2.81. The van der Waals surface area contributed by atoms with Crippen molar-refractivity contribution in [3.8, 4) is 28.7 Å². The maximum Gasteiger partial charge on any atom is 0.189 e. The summed E-state index contributed by atoms with van der Waals surface area (Å²) in [4.78, 5) is 13.0. The molecule has 32 heavy (non-hydrogen) atoms. The van der Waals surface area contributed by atoms with Crippen molar-refractivity contribution < 1.29 is 28.5 Å². The fourth-order valence-electron chi connectivity index (χ4n) is 3.28. The number of methoxy groups -OCH3 is 4. The third-order valence-electron chi connectivity index (χ3n) is 4.80. The van der Waals surface area contributed by atoms with Crippen LogP contribution < -0.4 is 23.7 Å². The van der Waals surface area contributed by atoms with Crippen molar-refractivity contribution in [2.45, 2.75) is 33.3 Å². The van der Waals surface area contributed by atoms with Gasteiger partial charge in [-0.2, -0.15) is 0 Å². The Balaban J connectivity index is 0.00000176. The fourth-order valence-corrected chi connectivity index (χ4v) is 3.28. The molecule has 0 atom stereocenters. The Morgan fingerprint density at radius 2 is 1.53 bits per heavy atom. The highest BCUT2D eigenvalue weighted by molar-refractivity contribution is 6.09. The monoisotopic (exact) mass is 440 g/mol. The van der Waals surface area contributed by atoms with Crippen LogP contribution in [0.2, 0.25) is 0 Å². The van der Waals surface area contributed by atoms with E-state index < -0.39 is 5.60 Å². The first-order chi connectivity index (χ1) is 15.3. The zero-order valence-corrected chi connectivity index (χ0v) is 20.1. The number of ether oxygens (including phenoxy) is 5. The van der Waals surface area contributed by atoms with E-state index in [1.165, 1.54) is 6.08 Å². The van der Waals surface area contributed by atoms with Gasteiger partial charge in [0.25, 0.3) is 0 Å². The average molecular weight is 441 g/mol. The molecule has 1 aliphatic rings. The lowest BCUT2D eigenvalue weighted by Crippen LogP contribution is -2.27. The van der Waals surface area contributed by atoms with Crippen LogP contribution in [0.15, 0.2) is 36.4 Å². The summed E-state index contributed by atoms with van der Waals surface area (Å²) in [5.74, 6) is 2.61. The molecule has 0 saturated heterocycles. The molecule has 0 unspecified atom stereocenters. The van der Waals surface area contributed by atoms with Crippen LogP contribution in [0.1, 0.15) is 49.2 Å². The molecule has 0 bridgehead atoms. The summed E-state index contributed by atoms with van der Waals surface area (Å²) in [6, 6.07) is 6.98. The highest BCUT2D eigenvalue weighted by atomic mass is 16.5. The fraction of sp³-hybridized carbons (Fsp3) is 0.346. The first-order valence-corrected chi connectivity index (χ1v) is 10.4. The summed E-state index contributed by atoms with van der Waals surface area (Å²) < 4.78 is 27.6. The third kappa shape index (κ3) is 5.25. The number of carbonyl (C=O) groups excluding carboxylic acids is 1. The van der Waals surface area contributed by atoms with E-state index in [-0.39, 0.29) is 5.78 Å². The summed E-state index contributed by atoms with van der Waals surface area (Å²) in [7, 11) is 6.21. The molecule has 2 aromatic carbocycles. The van der Waals surface area contributed by atoms with Crippen molar-refractivity contribution in [1.29, 1.82) is 0 Å². The van der Waals surface area contributed by atoms with E-state index in [2.05, 4.69) is 0 Å². The Kier molecular flexibility index (Phi) is 8.35. The molecule has 3 rings (SSSR count). The van der Waals surface area contributed by atoms with Gasteiger partial charge < -0.3 is 23.7 Å². The largest absolute Gasteiger partial charge is 0.496 e. The van der Waals surface area contributed by atoms with Crippen LogP contribution in [0.4, 0.5) is 0 Å². The second kappa shape index (κ2) is 10.8. The maximum atomic E-state index is 13.0. The summed E-state index contributed by atoms with van der Waals surface area (Å²) in [6.07, 6.45) is 7.02. The zero-order chi connectivity index (χ0) is 23.9. The number of hydrogen-bond donors (Lipinski definition) is 0. The van der Waals surface area contributed by atoms with Crippen LogP contribution in [0.25, 0.3) is 12.2 Å². The van der Waals surface area contributed by atoms with E-state index in [0.29, 0.717) is 39.9 Å². The number of ketones is 1. The predicted octanol–water partition coefficient (Wildman–Crippen LogP) is 5.83. The van der Waals surface area contributed by atoms with Gasteiger partial charge in [0.2, 0.25) is 0 Å². The van der Waals surface area contributed by atoms with Gasteiger partial charge in [-0.1, -0.05) is 13.8 Å². The smallest absolute Gasteiger partial charge is 0.189 e. The Morgan fingerprint density at radius 1 is 0.906 bits per heavy atom. The van der Waals surface area contributed by atoms with Crippen LogP contribution in [0, 0.1) is 0 Å². The van der Waals surface area contributed by atoms with Crippen LogP contribution in [-0.4, -0.2) is 39.8 Å². The maximum absolute atomic E-state index is 13.0. The minimum atomic E-state index is -0.409. The van der Waals surface area contributed by atoms with E-state index >= 15 is 0 Å². The molecule has 0 aliphatic carbocycles. The highest BCUT2D eigenvalue weighted by Gasteiger charge is 2.26. The molecule has 1 aliphatic heterocycles. The molecule has 0 aromatic heterocycles. The number of rotatable bonds is 7. The molecule has 6 nitrogen and oxygen atoms in total. The van der Waals surface area contributed by atoms with Crippen molar-refractivity contribution in [3.05, 3.63) is 53.1 Å². The van der Waals surface area contributed by atoms with Gasteiger partial charge in [0, 0.05) is 11.6 Å². The van der Waals surface area contributed by atoms with Crippen LogP contribution in [0.3, 0.4) is 0 Å². The second-order valence-electron chi connectivity index (χ2n) is 7.24. The summed E-state index contributed by atoms with van der Waals surface area (Å²) in [6.45, 7) is 7.94. The van der Waals surface area contributed by atoms with Crippen LogP contribution >= 0.6 is 0 Å². The summed E-state index contributed by atoms with van der Waals surface area (Å²) in [5, 5.41) is 0. The molecule has 2 aromatic rings. The minimum absolute atomic E-state index is 0.204.